The number of rotatable bonds is 5. The third-order valence-electron chi connectivity index (χ3n) is 6.25. The van der Waals surface area contributed by atoms with Crippen molar-refractivity contribution in [1.29, 1.82) is 0 Å². The quantitative estimate of drug-likeness (QED) is 0.718. The second-order valence-corrected chi connectivity index (χ2v) is 10.3. The molecule has 3 heterocycles. The monoisotopic (exact) mass is 450 g/mol. The van der Waals surface area contributed by atoms with Crippen molar-refractivity contribution in [2.45, 2.75) is 31.1 Å². The number of hydrogen-bond donors (Lipinski definition) is 1. The van der Waals surface area contributed by atoms with Crippen molar-refractivity contribution in [1.82, 2.24) is 14.1 Å². The smallest absolute Gasteiger partial charge is 0.262 e. The first-order valence-electron chi connectivity index (χ1n) is 11.0. The number of anilines is 1. The Morgan fingerprint density at radius 1 is 1.13 bits per heavy atom. The van der Waals surface area contributed by atoms with Crippen LogP contribution in [0.5, 0.6) is 5.75 Å². The van der Waals surface area contributed by atoms with Gasteiger partial charge in [0.05, 0.1) is 10.6 Å². The molecule has 170 valence electrons. The van der Waals surface area contributed by atoms with Gasteiger partial charge >= 0.3 is 0 Å². The standard InChI is InChI=1S/C21H30N4O5S/c1-2-7-23-10-12-24(13-11-23)21(27)16-5-8-25(9-6-16)31(28,29)17-3-4-19-18(14-17)22-20(26)15-30-19/h3-4,14,16H,2,5-13,15H2,1H3,(H,22,26). The maximum atomic E-state index is 13.1. The number of hydrogen-bond acceptors (Lipinski definition) is 6. The SMILES string of the molecule is CCCN1CCN(C(=O)C2CCN(S(=O)(=O)c3ccc4c(c3)NC(=O)CO4)CC2)CC1. The highest BCUT2D eigenvalue weighted by Crippen LogP contribution is 2.32. The number of nitrogens with zero attached hydrogens (tertiary/aromatic N) is 3. The van der Waals surface area contributed by atoms with Gasteiger partial charge in [-0.1, -0.05) is 6.92 Å². The number of amides is 2. The van der Waals surface area contributed by atoms with Gasteiger partial charge in [0, 0.05) is 45.2 Å². The fraction of sp³-hybridized carbons (Fsp3) is 0.619. The molecule has 0 bridgehead atoms. The number of benzene rings is 1. The molecule has 2 amide bonds. The summed E-state index contributed by atoms with van der Waals surface area (Å²) in [5.41, 5.74) is 0.365. The van der Waals surface area contributed by atoms with E-state index in [-0.39, 0.29) is 29.2 Å². The number of ether oxygens (including phenoxy) is 1. The van der Waals surface area contributed by atoms with Crippen molar-refractivity contribution in [2.75, 3.05) is 57.7 Å². The minimum absolute atomic E-state index is 0.0751. The molecule has 0 radical (unpaired) electrons. The average Bonchev–Trinajstić information content (AvgIpc) is 2.79. The lowest BCUT2D eigenvalue weighted by molar-refractivity contribution is -0.138. The van der Waals surface area contributed by atoms with E-state index in [4.69, 9.17) is 4.74 Å². The lowest BCUT2D eigenvalue weighted by atomic mass is 9.96. The van der Waals surface area contributed by atoms with E-state index in [1.807, 2.05) is 4.90 Å². The van der Waals surface area contributed by atoms with Gasteiger partial charge in [0.1, 0.15) is 5.75 Å². The second-order valence-electron chi connectivity index (χ2n) is 8.34. The van der Waals surface area contributed by atoms with Crippen molar-refractivity contribution in [3.8, 4) is 5.75 Å². The first kappa shape index (κ1) is 22.0. The van der Waals surface area contributed by atoms with Gasteiger partial charge in [0.15, 0.2) is 6.61 Å². The second kappa shape index (κ2) is 9.13. The van der Waals surface area contributed by atoms with Gasteiger partial charge < -0.3 is 15.0 Å². The zero-order chi connectivity index (χ0) is 22.0. The molecule has 0 atom stereocenters. The molecule has 2 fully saturated rings. The van der Waals surface area contributed by atoms with E-state index in [2.05, 4.69) is 17.1 Å². The van der Waals surface area contributed by atoms with Crippen LogP contribution >= 0.6 is 0 Å². The number of carbonyl (C=O) groups is 2. The van der Waals surface area contributed by atoms with Gasteiger partial charge in [-0.25, -0.2) is 8.42 Å². The molecule has 4 rings (SSSR count). The maximum Gasteiger partial charge on any atom is 0.262 e. The van der Waals surface area contributed by atoms with Crippen molar-refractivity contribution in [3.63, 3.8) is 0 Å². The van der Waals surface area contributed by atoms with Crippen LogP contribution in [0, 0.1) is 5.92 Å². The van der Waals surface area contributed by atoms with E-state index in [0.29, 0.717) is 37.4 Å². The Kier molecular flexibility index (Phi) is 6.49. The first-order chi connectivity index (χ1) is 14.9. The van der Waals surface area contributed by atoms with E-state index in [9.17, 15) is 18.0 Å². The lowest BCUT2D eigenvalue weighted by Crippen LogP contribution is -2.52. The van der Waals surface area contributed by atoms with Crippen LogP contribution in [0.3, 0.4) is 0 Å². The summed E-state index contributed by atoms with van der Waals surface area (Å²) >= 11 is 0. The Hall–Kier alpha value is -2.17. The minimum Gasteiger partial charge on any atom is -0.482 e. The molecule has 2 saturated heterocycles. The molecule has 0 saturated carbocycles. The Bertz CT molecular complexity index is 935. The van der Waals surface area contributed by atoms with Crippen molar-refractivity contribution in [2.24, 2.45) is 5.92 Å². The van der Waals surface area contributed by atoms with Crippen LogP contribution in [-0.2, 0) is 19.6 Å². The molecule has 3 aliphatic rings. The fourth-order valence-corrected chi connectivity index (χ4v) is 5.98. The Balaban J connectivity index is 1.35. The number of piperidine rings is 1. The summed E-state index contributed by atoms with van der Waals surface area (Å²) in [6.45, 7) is 7.10. The van der Waals surface area contributed by atoms with Gasteiger partial charge in [0.25, 0.3) is 5.91 Å². The highest BCUT2D eigenvalue weighted by atomic mass is 32.2. The van der Waals surface area contributed by atoms with E-state index < -0.39 is 10.0 Å². The Morgan fingerprint density at radius 2 is 1.84 bits per heavy atom. The fourth-order valence-electron chi connectivity index (χ4n) is 4.48. The zero-order valence-corrected chi connectivity index (χ0v) is 18.7. The lowest BCUT2D eigenvalue weighted by Gasteiger charge is -2.38. The van der Waals surface area contributed by atoms with Crippen LogP contribution in [0.15, 0.2) is 23.1 Å². The molecule has 31 heavy (non-hydrogen) atoms. The number of piperazine rings is 1. The highest BCUT2D eigenvalue weighted by molar-refractivity contribution is 7.89. The molecular formula is C21H30N4O5S. The highest BCUT2D eigenvalue weighted by Gasteiger charge is 2.35. The summed E-state index contributed by atoms with van der Waals surface area (Å²) in [5, 5.41) is 2.64. The summed E-state index contributed by atoms with van der Waals surface area (Å²) in [7, 11) is -3.71. The zero-order valence-electron chi connectivity index (χ0n) is 17.9. The minimum atomic E-state index is -3.71. The average molecular weight is 451 g/mol. The van der Waals surface area contributed by atoms with Gasteiger partial charge in [-0.15, -0.1) is 0 Å². The Morgan fingerprint density at radius 3 is 2.52 bits per heavy atom. The van der Waals surface area contributed by atoms with E-state index in [1.54, 1.807) is 6.07 Å². The van der Waals surface area contributed by atoms with Gasteiger partial charge in [0.2, 0.25) is 15.9 Å². The van der Waals surface area contributed by atoms with Crippen molar-refractivity contribution in [3.05, 3.63) is 18.2 Å². The predicted octanol–water partition coefficient (Wildman–Crippen LogP) is 0.972. The van der Waals surface area contributed by atoms with Gasteiger partial charge in [-0.2, -0.15) is 4.31 Å². The van der Waals surface area contributed by atoms with Crippen LogP contribution in [0.4, 0.5) is 5.69 Å². The summed E-state index contributed by atoms with van der Waals surface area (Å²) in [6.07, 6.45) is 2.17. The molecule has 1 N–H and O–H groups in total. The van der Waals surface area contributed by atoms with Crippen LogP contribution in [0.25, 0.3) is 0 Å². The van der Waals surface area contributed by atoms with Crippen LogP contribution in [0.1, 0.15) is 26.2 Å². The van der Waals surface area contributed by atoms with Crippen LogP contribution in [-0.4, -0.2) is 86.8 Å². The summed E-state index contributed by atoms with van der Waals surface area (Å²) in [5.74, 6) is 0.182. The molecule has 3 aliphatic heterocycles. The number of sulfonamides is 1. The molecule has 0 aliphatic carbocycles. The third kappa shape index (κ3) is 4.70. The van der Waals surface area contributed by atoms with E-state index in [0.717, 1.165) is 39.1 Å². The maximum absolute atomic E-state index is 13.1. The number of fused-ring (bicyclic) bond motifs is 1. The van der Waals surface area contributed by atoms with Crippen molar-refractivity contribution < 1.29 is 22.7 Å². The molecule has 9 nitrogen and oxygen atoms in total. The van der Waals surface area contributed by atoms with Crippen molar-refractivity contribution >= 4 is 27.5 Å². The predicted molar refractivity (Wildman–Crippen MR) is 115 cm³/mol. The summed E-state index contributed by atoms with van der Waals surface area (Å²) in [6, 6.07) is 4.50. The molecular weight excluding hydrogens is 420 g/mol. The largest absolute Gasteiger partial charge is 0.482 e. The molecule has 0 unspecified atom stereocenters. The van der Waals surface area contributed by atoms with E-state index >= 15 is 0 Å². The Labute approximate surface area is 183 Å². The molecule has 10 heteroatoms. The first-order valence-corrected chi connectivity index (χ1v) is 12.4. The number of carbonyl (C=O) groups excluding carboxylic acids is 2. The molecule has 1 aromatic rings. The van der Waals surface area contributed by atoms with Gasteiger partial charge in [-0.3, -0.25) is 14.5 Å². The summed E-state index contributed by atoms with van der Waals surface area (Å²) in [4.78, 5) is 28.9. The van der Waals surface area contributed by atoms with Gasteiger partial charge in [-0.05, 0) is 44.0 Å². The third-order valence-corrected chi connectivity index (χ3v) is 8.14. The molecule has 1 aromatic carbocycles. The topological polar surface area (TPSA) is 99.3 Å². The van der Waals surface area contributed by atoms with Crippen LogP contribution < -0.4 is 10.1 Å². The van der Waals surface area contributed by atoms with Crippen LogP contribution in [0.2, 0.25) is 0 Å². The normalized spacial score (nSPS) is 21.3. The summed E-state index contributed by atoms with van der Waals surface area (Å²) < 4.78 is 32.9. The number of nitrogens with one attached hydrogen (secondary N) is 1. The molecule has 0 aromatic heterocycles. The molecule has 0 spiro atoms. The van der Waals surface area contributed by atoms with E-state index in [1.165, 1.54) is 16.4 Å².